The summed E-state index contributed by atoms with van der Waals surface area (Å²) in [6.45, 7) is -0.290. The number of hydrogen-bond donors (Lipinski definition) is 2. The highest BCUT2D eigenvalue weighted by molar-refractivity contribution is 7.12. The minimum Gasteiger partial charge on any atom is -0.491 e. The molecule has 124 valence electrons. The van der Waals surface area contributed by atoms with Gasteiger partial charge in [-0.05, 0) is 29.6 Å². The SMILES string of the molecule is O=C(NCC(O)COc1cccc(C(F)(F)F)c1)c1cccs1. The highest BCUT2D eigenvalue weighted by atomic mass is 32.1. The molecule has 1 amide bonds. The van der Waals surface area contributed by atoms with Gasteiger partial charge in [-0.15, -0.1) is 11.3 Å². The number of alkyl halides is 3. The van der Waals surface area contributed by atoms with Gasteiger partial charge in [0, 0.05) is 6.54 Å². The second kappa shape index (κ2) is 7.47. The van der Waals surface area contributed by atoms with Crippen LogP contribution in [0.3, 0.4) is 0 Å². The van der Waals surface area contributed by atoms with Gasteiger partial charge in [-0.1, -0.05) is 12.1 Å². The molecule has 0 bridgehead atoms. The first-order valence-electron chi connectivity index (χ1n) is 6.66. The van der Waals surface area contributed by atoms with E-state index in [9.17, 15) is 23.1 Å². The van der Waals surface area contributed by atoms with Crippen molar-refractivity contribution in [3.63, 3.8) is 0 Å². The molecule has 8 heteroatoms. The van der Waals surface area contributed by atoms with Crippen LogP contribution in [-0.4, -0.2) is 30.3 Å². The van der Waals surface area contributed by atoms with Crippen LogP contribution in [0.15, 0.2) is 41.8 Å². The van der Waals surface area contributed by atoms with Crippen molar-refractivity contribution in [1.29, 1.82) is 0 Å². The van der Waals surface area contributed by atoms with Gasteiger partial charge < -0.3 is 15.2 Å². The average molecular weight is 345 g/mol. The van der Waals surface area contributed by atoms with Gasteiger partial charge in [-0.3, -0.25) is 4.79 Å². The van der Waals surface area contributed by atoms with E-state index < -0.39 is 17.8 Å². The number of halogens is 3. The molecule has 1 aromatic heterocycles. The number of nitrogens with one attached hydrogen (secondary N) is 1. The van der Waals surface area contributed by atoms with Crippen LogP contribution in [0.5, 0.6) is 5.75 Å². The van der Waals surface area contributed by atoms with Gasteiger partial charge in [0.25, 0.3) is 5.91 Å². The highest BCUT2D eigenvalue weighted by Gasteiger charge is 2.30. The minimum absolute atomic E-state index is 0.00320. The Hall–Kier alpha value is -2.06. The number of thiophene rings is 1. The van der Waals surface area contributed by atoms with Crippen LogP contribution in [0.4, 0.5) is 13.2 Å². The monoisotopic (exact) mass is 345 g/mol. The fourth-order valence-corrected chi connectivity index (χ4v) is 2.36. The first kappa shape index (κ1) is 17.3. The van der Waals surface area contributed by atoms with Crippen LogP contribution in [0.25, 0.3) is 0 Å². The molecule has 0 saturated carbocycles. The van der Waals surface area contributed by atoms with E-state index in [0.29, 0.717) is 4.88 Å². The molecule has 2 aromatic rings. The standard InChI is InChI=1S/C15H14F3NO3S/c16-15(17,18)10-3-1-4-12(7-10)22-9-11(20)8-19-14(21)13-5-2-6-23-13/h1-7,11,20H,8-9H2,(H,19,21). The summed E-state index contributed by atoms with van der Waals surface area (Å²) in [6.07, 6.45) is -5.49. The molecule has 0 aliphatic carbocycles. The van der Waals surface area contributed by atoms with Crippen molar-refractivity contribution in [1.82, 2.24) is 5.32 Å². The number of rotatable bonds is 6. The van der Waals surface area contributed by atoms with E-state index in [1.807, 2.05) is 0 Å². The number of aliphatic hydroxyl groups is 1. The van der Waals surface area contributed by atoms with Gasteiger partial charge in [0.1, 0.15) is 18.5 Å². The van der Waals surface area contributed by atoms with Crippen molar-refractivity contribution in [3.8, 4) is 5.75 Å². The summed E-state index contributed by atoms with van der Waals surface area (Å²) in [5.74, 6) is -0.318. The molecule has 0 saturated heterocycles. The molecule has 23 heavy (non-hydrogen) atoms. The first-order valence-corrected chi connectivity index (χ1v) is 7.54. The Balaban J connectivity index is 1.80. The summed E-state index contributed by atoms with van der Waals surface area (Å²) in [5, 5.41) is 14.0. The van der Waals surface area contributed by atoms with Crippen LogP contribution < -0.4 is 10.1 Å². The molecule has 0 fully saturated rings. The second-order valence-electron chi connectivity index (χ2n) is 4.68. The largest absolute Gasteiger partial charge is 0.491 e. The molecule has 1 aromatic carbocycles. The zero-order valence-corrected chi connectivity index (χ0v) is 12.7. The van der Waals surface area contributed by atoms with Crippen LogP contribution in [-0.2, 0) is 6.18 Å². The Morgan fingerprint density at radius 1 is 1.30 bits per heavy atom. The Bertz CT molecular complexity index is 644. The van der Waals surface area contributed by atoms with Gasteiger partial charge in [-0.2, -0.15) is 13.2 Å². The molecule has 1 heterocycles. The summed E-state index contributed by atoms with van der Waals surface area (Å²) in [4.78, 5) is 12.2. The smallest absolute Gasteiger partial charge is 0.416 e. The van der Waals surface area contributed by atoms with E-state index in [0.717, 1.165) is 12.1 Å². The molecule has 0 aliphatic rings. The maximum absolute atomic E-state index is 12.6. The van der Waals surface area contributed by atoms with E-state index in [1.165, 1.54) is 23.5 Å². The number of ether oxygens (including phenoxy) is 1. The maximum atomic E-state index is 12.6. The van der Waals surface area contributed by atoms with Gasteiger partial charge in [0.05, 0.1) is 10.4 Å². The summed E-state index contributed by atoms with van der Waals surface area (Å²) in [6, 6.07) is 7.76. The summed E-state index contributed by atoms with van der Waals surface area (Å²) >= 11 is 1.27. The van der Waals surface area contributed by atoms with Gasteiger partial charge in [0.2, 0.25) is 0 Å². The van der Waals surface area contributed by atoms with Crippen LogP contribution >= 0.6 is 11.3 Å². The van der Waals surface area contributed by atoms with Crippen LogP contribution in [0.2, 0.25) is 0 Å². The van der Waals surface area contributed by atoms with Crippen molar-refractivity contribution in [2.75, 3.05) is 13.2 Å². The summed E-state index contributed by atoms with van der Waals surface area (Å²) in [7, 11) is 0. The zero-order chi connectivity index (χ0) is 16.9. The maximum Gasteiger partial charge on any atom is 0.416 e. The van der Waals surface area contributed by atoms with Gasteiger partial charge in [0.15, 0.2) is 0 Å². The highest BCUT2D eigenvalue weighted by Crippen LogP contribution is 2.31. The topological polar surface area (TPSA) is 58.6 Å². The van der Waals surface area contributed by atoms with E-state index in [4.69, 9.17) is 4.74 Å². The van der Waals surface area contributed by atoms with Crippen molar-refractivity contribution in [2.24, 2.45) is 0 Å². The molecule has 4 nitrogen and oxygen atoms in total. The molecule has 2 rings (SSSR count). The Morgan fingerprint density at radius 2 is 2.09 bits per heavy atom. The number of carbonyl (C=O) groups excluding carboxylic acids is 1. The molecule has 0 spiro atoms. The van der Waals surface area contributed by atoms with Gasteiger partial charge >= 0.3 is 6.18 Å². The van der Waals surface area contributed by atoms with E-state index in [1.54, 1.807) is 17.5 Å². The zero-order valence-electron chi connectivity index (χ0n) is 11.8. The number of amides is 1. The number of hydrogen-bond acceptors (Lipinski definition) is 4. The lowest BCUT2D eigenvalue weighted by Crippen LogP contribution is -2.35. The number of carbonyl (C=O) groups is 1. The third-order valence-corrected chi connectivity index (χ3v) is 3.72. The summed E-state index contributed by atoms with van der Waals surface area (Å²) in [5.41, 5.74) is -0.824. The van der Waals surface area contributed by atoms with Crippen molar-refractivity contribution in [2.45, 2.75) is 12.3 Å². The van der Waals surface area contributed by atoms with E-state index in [2.05, 4.69) is 5.32 Å². The first-order chi connectivity index (χ1) is 10.9. The molecular weight excluding hydrogens is 331 g/mol. The van der Waals surface area contributed by atoms with E-state index in [-0.39, 0.29) is 24.8 Å². The molecule has 0 radical (unpaired) electrons. The predicted molar refractivity (Wildman–Crippen MR) is 79.6 cm³/mol. The Morgan fingerprint density at radius 3 is 2.74 bits per heavy atom. The van der Waals surface area contributed by atoms with Gasteiger partial charge in [-0.25, -0.2) is 0 Å². The molecule has 1 atom stereocenters. The molecule has 0 aliphatic heterocycles. The number of benzene rings is 1. The third kappa shape index (κ3) is 5.26. The Kier molecular flexibility index (Phi) is 5.62. The fourth-order valence-electron chi connectivity index (χ4n) is 1.72. The van der Waals surface area contributed by atoms with E-state index >= 15 is 0 Å². The Labute approximate surface area is 134 Å². The van der Waals surface area contributed by atoms with Crippen molar-refractivity contribution < 1.29 is 27.8 Å². The summed E-state index contributed by atoms with van der Waals surface area (Å²) < 4.78 is 42.8. The fraction of sp³-hybridized carbons (Fsp3) is 0.267. The van der Waals surface area contributed by atoms with Crippen LogP contribution in [0.1, 0.15) is 15.2 Å². The normalized spacial score (nSPS) is 12.7. The van der Waals surface area contributed by atoms with Crippen LogP contribution in [0, 0.1) is 0 Å². The predicted octanol–water partition coefficient (Wildman–Crippen LogP) is 2.94. The van der Waals surface area contributed by atoms with Crippen molar-refractivity contribution in [3.05, 3.63) is 52.2 Å². The second-order valence-corrected chi connectivity index (χ2v) is 5.63. The lowest BCUT2D eigenvalue weighted by Gasteiger charge is -2.14. The average Bonchev–Trinajstić information content (AvgIpc) is 3.04. The molecular formula is C15H14F3NO3S. The van der Waals surface area contributed by atoms with Crippen molar-refractivity contribution >= 4 is 17.2 Å². The molecule has 1 unspecified atom stereocenters. The lowest BCUT2D eigenvalue weighted by atomic mass is 10.2. The quantitative estimate of drug-likeness (QED) is 0.846. The number of aliphatic hydroxyl groups excluding tert-OH is 1. The lowest BCUT2D eigenvalue weighted by molar-refractivity contribution is -0.137. The molecule has 2 N–H and O–H groups in total. The minimum atomic E-state index is -4.45. The third-order valence-electron chi connectivity index (χ3n) is 2.85.